The van der Waals surface area contributed by atoms with E-state index in [1.165, 1.54) is 10.9 Å². The average Bonchev–Trinajstić information content (AvgIpc) is 2.94. The molecule has 10 heteroatoms. The van der Waals surface area contributed by atoms with Gasteiger partial charge in [-0.25, -0.2) is 4.39 Å². The normalized spacial score (nSPS) is 10.3. The minimum absolute atomic E-state index is 0.177. The first-order chi connectivity index (χ1) is 9.99. The number of hydrogen-bond acceptors (Lipinski definition) is 6. The van der Waals surface area contributed by atoms with E-state index in [-0.39, 0.29) is 17.8 Å². The average molecular weight is 294 g/mol. The summed E-state index contributed by atoms with van der Waals surface area (Å²) in [4.78, 5) is 21.9. The standard InChI is InChI=1S/C11H11FN6O3/c12-8-6-10(18(20)21)7(5-9(8)13)11(19)14-1-3-17-4-2-15-16-17/h2,4-6H,1,3,13H2,(H,14,19). The molecule has 0 aliphatic rings. The number of amides is 1. The minimum atomic E-state index is -0.944. The molecule has 3 N–H and O–H groups in total. The monoisotopic (exact) mass is 294 g/mol. The zero-order chi connectivity index (χ0) is 15.4. The second-order valence-corrected chi connectivity index (χ2v) is 4.07. The molecule has 110 valence electrons. The molecule has 9 nitrogen and oxygen atoms in total. The molecule has 0 radical (unpaired) electrons. The molecule has 2 aromatic rings. The molecule has 1 amide bonds. The topological polar surface area (TPSA) is 129 Å². The van der Waals surface area contributed by atoms with E-state index < -0.39 is 22.3 Å². The fraction of sp³-hybridized carbons (Fsp3) is 0.182. The van der Waals surface area contributed by atoms with Crippen molar-refractivity contribution in [2.75, 3.05) is 12.3 Å². The maximum absolute atomic E-state index is 13.2. The Morgan fingerprint density at radius 1 is 1.52 bits per heavy atom. The predicted octanol–water partition coefficient (Wildman–Crippen LogP) is 0.338. The Labute approximate surface area is 117 Å². The number of carbonyl (C=O) groups is 1. The highest BCUT2D eigenvalue weighted by atomic mass is 19.1. The first-order valence-corrected chi connectivity index (χ1v) is 5.84. The minimum Gasteiger partial charge on any atom is -0.396 e. The lowest BCUT2D eigenvalue weighted by atomic mass is 10.1. The van der Waals surface area contributed by atoms with Crippen LogP contribution in [0.5, 0.6) is 0 Å². The van der Waals surface area contributed by atoms with Crippen LogP contribution in [-0.4, -0.2) is 32.4 Å². The number of benzene rings is 1. The van der Waals surface area contributed by atoms with Crippen molar-refractivity contribution in [2.24, 2.45) is 0 Å². The number of nitrogens with zero attached hydrogens (tertiary/aromatic N) is 4. The summed E-state index contributed by atoms with van der Waals surface area (Å²) in [5.41, 5.74) is 4.07. The molecular weight excluding hydrogens is 283 g/mol. The Balaban J connectivity index is 2.11. The third-order valence-electron chi connectivity index (χ3n) is 2.65. The fourth-order valence-corrected chi connectivity index (χ4v) is 1.64. The summed E-state index contributed by atoms with van der Waals surface area (Å²) < 4.78 is 14.7. The van der Waals surface area contributed by atoms with Crippen molar-refractivity contribution < 1.29 is 14.1 Å². The summed E-state index contributed by atoms with van der Waals surface area (Å²) in [6, 6.07) is 1.57. The van der Waals surface area contributed by atoms with Gasteiger partial charge >= 0.3 is 0 Å². The quantitative estimate of drug-likeness (QED) is 0.464. The second-order valence-electron chi connectivity index (χ2n) is 4.07. The third kappa shape index (κ3) is 3.29. The van der Waals surface area contributed by atoms with E-state index in [1.54, 1.807) is 6.20 Å². The molecule has 0 aliphatic carbocycles. The number of nitrogens with one attached hydrogen (secondary N) is 1. The molecule has 0 spiro atoms. The number of nitro benzene ring substituents is 1. The van der Waals surface area contributed by atoms with Crippen LogP contribution in [0.4, 0.5) is 15.8 Å². The number of rotatable bonds is 5. The molecule has 0 saturated heterocycles. The van der Waals surface area contributed by atoms with E-state index >= 15 is 0 Å². The van der Waals surface area contributed by atoms with Gasteiger partial charge in [0.05, 0.1) is 29.4 Å². The van der Waals surface area contributed by atoms with Gasteiger partial charge in [0.1, 0.15) is 5.56 Å². The van der Waals surface area contributed by atoms with Crippen molar-refractivity contribution in [1.82, 2.24) is 20.3 Å². The van der Waals surface area contributed by atoms with Crippen molar-refractivity contribution in [3.05, 3.63) is 46.0 Å². The SMILES string of the molecule is Nc1cc(C(=O)NCCn2ccnn2)c([N+](=O)[O-])cc1F. The molecule has 1 heterocycles. The van der Waals surface area contributed by atoms with Crippen LogP contribution in [0.1, 0.15) is 10.4 Å². The highest BCUT2D eigenvalue weighted by Gasteiger charge is 2.22. The fourth-order valence-electron chi connectivity index (χ4n) is 1.64. The molecule has 0 saturated carbocycles. The lowest BCUT2D eigenvalue weighted by Gasteiger charge is -2.07. The van der Waals surface area contributed by atoms with Crippen LogP contribution in [0, 0.1) is 15.9 Å². The highest BCUT2D eigenvalue weighted by Crippen LogP contribution is 2.24. The summed E-state index contributed by atoms with van der Waals surface area (Å²) in [6.45, 7) is 0.521. The smallest absolute Gasteiger partial charge is 0.285 e. The highest BCUT2D eigenvalue weighted by molar-refractivity contribution is 5.99. The van der Waals surface area contributed by atoms with Crippen molar-refractivity contribution in [3.8, 4) is 0 Å². The molecular formula is C11H11FN6O3. The molecule has 0 aliphatic heterocycles. The lowest BCUT2D eigenvalue weighted by Crippen LogP contribution is -2.28. The maximum atomic E-state index is 13.2. The van der Waals surface area contributed by atoms with Gasteiger partial charge in [-0.15, -0.1) is 5.10 Å². The largest absolute Gasteiger partial charge is 0.396 e. The maximum Gasteiger partial charge on any atom is 0.285 e. The lowest BCUT2D eigenvalue weighted by molar-refractivity contribution is -0.385. The number of hydrogen-bond donors (Lipinski definition) is 2. The number of anilines is 1. The van der Waals surface area contributed by atoms with Crippen LogP contribution in [0.2, 0.25) is 0 Å². The van der Waals surface area contributed by atoms with Gasteiger partial charge in [-0.2, -0.15) is 0 Å². The Kier molecular flexibility index (Phi) is 4.07. The van der Waals surface area contributed by atoms with Crippen LogP contribution < -0.4 is 11.1 Å². The number of nitro groups is 1. The van der Waals surface area contributed by atoms with Gasteiger partial charge in [-0.3, -0.25) is 19.6 Å². The number of carbonyl (C=O) groups excluding carboxylic acids is 1. The van der Waals surface area contributed by atoms with Gasteiger partial charge in [-0.1, -0.05) is 5.21 Å². The van der Waals surface area contributed by atoms with Crippen molar-refractivity contribution >= 4 is 17.3 Å². The number of halogens is 1. The Morgan fingerprint density at radius 2 is 2.29 bits per heavy atom. The van der Waals surface area contributed by atoms with Crippen molar-refractivity contribution in [3.63, 3.8) is 0 Å². The summed E-state index contributed by atoms with van der Waals surface area (Å²) in [5, 5.41) is 20.6. The van der Waals surface area contributed by atoms with E-state index in [1.807, 2.05) is 0 Å². The molecule has 0 fully saturated rings. The van der Waals surface area contributed by atoms with Crippen LogP contribution in [-0.2, 0) is 6.54 Å². The Morgan fingerprint density at radius 3 is 2.90 bits per heavy atom. The second kappa shape index (κ2) is 5.94. The molecule has 2 rings (SSSR count). The van der Waals surface area contributed by atoms with Gasteiger partial charge in [0.15, 0.2) is 5.82 Å². The first-order valence-electron chi connectivity index (χ1n) is 5.84. The van der Waals surface area contributed by atoms with E-state index in [9.17, 15) is 19.3 Å². The van der Waals surface area contributed by atoms with Gasteiger partial charge in [0.25, 0.3) is 11.6 Å². The summed E-state index contributed by atoms with van der Waals surface area (Å²) in [6.07, 6.45) is 3.08. The summed E-state index contributed by atoms with van der Waals surface area (Å²) in [7, 11) is 0. The number of nitrogen functional groups attached to an aromatic ring is 1. The zero-order valence-corrected chi connectivity index (χ0v) is 10.7. The van der Waals surface area contributed by atoms with Gasteiger partial charge in [0.2, 0.25) is 0 Å². The molecule has 0 atom stereocenters. The third-order valence-corrected chi connectivity index (χ3v) is 2.65. The van der Waals surface area contributed by atoms with E-state index in [4.69, 9.17) is 5.73 Å². The van der Waals surface area contributed by atoms with Crippen molar-refractivity contribution in [1.29, 1.82) is 0 Å². The molecule has 0 unspecified atom stereocenters. The summed E-state index contributed by atoms with van der Waals surface area (Å²) in [5.74, 6) is -1.66. The number of nitrogens with two attached hydrogens (primary N) is 1. The molecule has 1 aromatic heterocycles. The van der Waals surface area contributed by atoms with E-state index in [2.05, 4.69) is 15.6 Å². The van der Waals surface area contributed by atoms with E-state index in [0.29, 0.717) is 12.6 Å². The predicted molar refractivity (Wildman–Crippen MR) is 69.8 cm³/mol. The molecule has 0 bridgehead atoms. The van der Waals surface area contributed by atoms with Gasteiger partial charge in [0, 0.05) is 12.7 Å². The van der Waals surface area contributed by atoms with Gasteiger partial charge in [-0.05, 0) is 6.07 Å². The molecule has 1 aromatic carbocycles. The van der Waals surface area contributed by atoms with Crippen LogP contribution in [0.25, 0.3) is 0 Å². The van der Waals surface area contributed by atoms with E-state index in [0.717, 1.165) is 6.07 Å². The van der Waals surface area contributed by atoms with Crippen LogP contribution in [0.3, 0.4) is 0 Å². The zero-order valence-electron chi connectivity index (χ0n) is 10.7. The number of aromatic nitrogens is 3. The molecule has 21 heavy (non-hydrogen) atoms. The Bertz CT molecular complexity index is 673. The van der Waals surface area contributed by atoms with Crippen LogP contribution >= 0.6 is 0 Å². The van der Waals surface area contributed by atoms with Crippen LogP contribution in [0.15, 0.2) is 24.5 Å². The Hall–Kier alpha value is -3.04. The van der Waals surface area contributed by atoms with Crippen molar-refractivity contribution in [2.45, 2.75) is 6.54 Å². The summed E-state index contributed by atoms with van der Waals surface area (Å²) >= 11 is 0. The van der Waals surface area contributed by atoms with Gasteiger partial charge < -0.3 is 11.1 Å². The first kappa shape index (κ1) is 14.4.